The summed E-state index contributed by atoms with van der Waals surface area (Å²) in [6, 6.07) is 10.7. The minimum Gasteiger partial charge on any atom is -0.459 e. The van der Waals surface area contributed by atoms with Crippen LogP contribution in [0, 0.1) is 0 Å². The average molecular weight is 370 g/mol. The molecule has 8 heteroatoms. The van der Waals surface area contributed by atoms with Crippen molar-refractivity contribution in [2.45, 2.75) is 4.90 Å². The quantitative estimate of drug-likeness (QED) is 0.661. The van der Waals surface area contributed by atoms with Crippen LogP contribution in [0.15, 0.2) is 58.0 Å². The molecule has 2 amide bonds. The summed E-state index contributed by atoms with van der Waals surface area (Å²) in [6.45, 7) is 0. The summed E-state index contributed by atoms with van der Waals surface area (Å²) in [4.78, 5) is 26.6. The molecule has 0 radical (unpaired) electrons. The Balaban J connectivity index is 1.98. The first-order valence-corrected chi connectivity index (χ1v) is 9.18. The molecule has 0 saturated carbocycles. The lowest BCUT2D eigenvalue weighted by Crippen LogP contribution is -2.33. The number of rotatable bonds is 3. The first-order chi connectivity index (χ1) is 12.3. The second-order valence-electron chi connectivity index (χ2n) is 6.02. The third-order valence-corrected chi connectivity index (χ3v) is 6.22. The molecule has 2 heterocycles. The summed E-state index contributed by atoms with van der Waals surface area (Å²) in [5.41, 5.74) is 0.632. The van der Waals surface area contributed by atoms with Gasteiger partial charge in [-0.25, -0.2) is 17.6 Å². The fourth-order valence-electron chi connectivity index (χ4n) is 3.09. The Morgan fingerprint density at radius 2 is 1.85 bits per heavy atom. The maximum absolute atomic E-state index is 12.8. The monoisotopic (exact) mass is 370 g/mol. The number of imide groups is 1. The van der Waals surface area contributed by atoms with Gasteiger partial charge < -0.3 is 4.42 Å². The van der Waals surface area contributed by atoms with E-state index in [1.54, 1.807) is 24.3 Å². The molecule has 0 bridgehead atoms. The van der Waals surface area contributed by atoms with Crippen LogP contribution in [0.4, 0.5) is 5.69 Å². The van der Waals surface area contributed by atoms with Crippen molar-refractivity contribution in [3.05, 3.63) is 60.1 Å². The van der Waals surface area contributed by atoms with Crippen LogP contribution in [0.1, 0.15) is 20.9 Å². The molecule has 0 saturated heterocycles. The number of furan rings is 1. The minimum absolute atomic E-state index is 0.0318. The van der Waals surface area contributed by atoms with Crippen LogP contribution in [0.2, 0.25) is 0 Å². The molecular weight excluding hydrogens is 356 g/mol. The Labute approximate surface area is 149 Å². The van der Waals surface area contributed by atoms with Gasteiger partial charge in [0.15, 0.2) is 5.76 Å². The van der Waals surface area contributed by atoms with Crippen LogP contribution in [0.5, 0.6) is 0 Å². The molecule has 3 aromatic rings. The second kappa shape index (κ2) is 5.52. The highest BCUT2D eigenvalue weighted by molar-refractivity contribution is 7.89. The summed E-state index contributed by atoms with van der Waals surface area (Å²) in [7, 11) is -0.826. The summed E-state index contributed by atoms with van der Waals surface area (Å²) in [6.07, 6.45) is 1.35. The summed E-state index contributed by atoms with van der Waals surface area (Å²) < 4.78 is 31.5. The lowest BCUT2D eigenvalue weighted by molar-refractivity contribution is 0.0886. The van der Waals surface area contributed by atoms with Crippen molar-refractivity contribution in [1.82, 2.24) is 4.31 Å². The molecule has 1 aromatic heterocycles. The highest BCUT2D eigenvalue weighted by atomic mass is 32.2. The molecule has 0 atom stereocenters. The first-order valence-electron chi connectivity index (χ1n) is 7.74. The molecule has 26 heavy (non-hydrogen) atoms. The Morgan fingerprint density at radius 1 is 1.08 bits per heavy atom. The Kier molecular flexibility index (Phi) is 3.50. The standard InChI is InChI=1S/C18H14N2O5S/c1-19(2)26(23,24)15-9-8-13-16-11(15)5-3-6-12(16)17(21)20(13)18(22)14-7-4-10-25-14/h3-10H,1-2H3. The summed E-state index contributed by atoms with van der Waals surface area (Å²) >= 11 is 0. The van der Waals surface area contributed by atoms with Crippen molar-refractivity contribution in [2.24, 2.45) is 0 Å². The van der Waals surface area contributed by atoms with Crippen LogP contribution in [0.25, 0.3) is 10.8 Å². The smallest absolute Gasteiger partial charge is 0.301 e. The predicted octanol–water partition coefficient (Wildman–Crippen LogP) is 2.48. The molecule has 2 aromatic carbocycles. The molecule has 0 aliphatic carbocycles. The van der Waals surface area contributed by atoms with Crippen LogP contribution in [-0.2, 0) is 10.0 Å². The fraction of sp³-hybridized carbons (Fsp3) is 0.111. The van der Waals surface area contributed by atoms with Gasteiger partial charge in [0.25, 0.3) is 5.91 Å². The second-order valence-corrected chi connectivity index (χ2v) is 8.14. The van der Waals surface area contributed by atoms with E-state index in [1.807, 2.05) is 0 Å². The van der Waals surface area contributed by atoms with Gasteiger partial charge in [-0.2, -0.15) is 0 Å². The molecule has 0 spiro atoms. The van der Waals surface area contributed by atoms with E-state index in [-0.39, 0.29) is 16.2 Å². The topological polar surface area (TPSA) is 87.9 Å². The Bertz CT molecular complexity index is 1160. The van der Waals surface area contributed by atoms with Crippen molar-refractivity contribution in [3.63, 3.8) is 0 Å². The van der Waals surface area contributed by atoms with Crippen LogP contribution < -0.4 is 4.90 Å². The van der Waals surface area contributed by atoms with Gasteiger partial charge in [0.2, 0.25) is 10.0 Å². The van der Waals surface area contributed by atoms with Crippen molar-refractivity contribution in [2.75, 3.05) is 19.0 Å². The van der Waals surface area contributed by atoms with Gasteiger partial charge in [0, 0.05) is 24.9 Å². The zero-order chi connectivity index (χ0) is 18.6. The van der Waals surface area contributed by atoms with Crippen LogP contribution in [-0.4, -0.2) is 38.6 Å². The van der Waals surface area contributed by atoms with E-state index < -0.39 is 21.8 Å². The molecule has 1 aliphatic rings. The highest BCUT2D eigenvalue weighted by Gasteiger charge is 2.37. The van der Waals surface area contributed by atoms with E-state index >= 15 is 0 Å². The molecule has 0 N–H and O–H groups in total. The van der Waals surface area contributed by atoms with E-state index in [1.165, 1.54) is 38.6 Å². The van der Waals surface area contributed by atoms with Crippen molar-refractivity contribution in [3.8, 4) is 0 Å². The zero-order valence-electron chi connectivity index (χ0n) is 14.0. The van der Waals surface area contributed by atoms with E-state index in [0.717, 1.165) is 9.21 Å². The largest absolute Gasteiger partial charge is 0.459 e. The van der Waals surface area contributed by atoms with E-state index in [2.05, 4.69) is 0 Å². The molecular formula is C18H14N2O5S. The number of benzene rings is 2. The number of nitrogens with zero attached hydrogens (tertiary/aromatic N) is 2. The number of hydrogen-bond donors (Lipinski definition) is 0. The van der Waals surface area contributed by atoms with Crippen LogP contribution >= 0.6 is 0 Å². The number of carbonyl (C=O) groups is 2. The molecule has 0 unspecified atom stereocenters. The SMILES string of the molecule is CN(C)S(=O)(=O)c1ccc2c3c(cccc13)C(=O)N2C(=O)c1ccco1. The maximum Gasteiger partial charge on any atom is 0.301 e. The fourth-order valence-corrected chi connectivity index (χ4v) is 4.17. The van der Waals surface area contributed by atoms with Gasteiger partial charge in [-0.3, -0.25) is 9.59 Å². The number of amides is 2. The molecule has 4 rings (SSSR count). The summed E-state index contributed by atoms with van der Waals surface area (Å²) in [5.74, 6) is -1.07. The number of sulfonamides is 1. The summed E-state index contributed by atoms with van der Waals surface area (Å²) in [5, 5.41) is 0.845. The van der Waals surface area contributed by atoms with Gasteiger partial charge in [0.05, 0.1) is 22.4 Å². The van der Waals surface area contributed by atoms with Crippen molar-refractivity contribution < 1.29 is 22.4 Å². The van der Waals surface area contributed by atoms with E-state index in [0.29, 0.717) is 16.5 Å². The van der Waals surface area contributed by atoms with Gasteiger partial charge in [-0.15, -0.1) is 0 Å². The van der Waals surface area contributed by atoms with E-state index in [9.17, 15) is 18.0 Å². The maximum atomic E-state index is 12.8. The minimum atomic E-state index is -3.71. The van der Waals surface area contributed by atoms with Gasteiger partial charge in [-0.05, 0) is 30.3 Å². The highest BCUT2D eigenvalue weighted by Crippen LogP contribution is 2.41. The van der Waals surface area contributed by atoms with Gasteiger partial charge in [-0.1, -0.05) is 12.1 Å². The lowest BCUT2D eigenvalue weighted by atomic mass is 10.1. The first kappa shape index (κ1) is 16.5. The van der Waals surface area contributed by atoms with Crippen LogP contribution in [0.3, 0.4) is 0 Å². The van der Waals surface area contributed by atoms with E-state index in [4.69, 9.17) is 4.42 Å². The number of anilines is 1. The third-order valence-electron chi connectivity index (χ3n) is 4.35. The average Bonchev–Trinajstić information content (AvgIpc) is 3.23. The van der Waals surface area contributed by atoms with Gasteiger partial charge in [0.1, 0.15) is 0 Å². The predicted molar refractivity (Wildman–Crippen MR) is 94.7 cm³/mol. The normalized spacial score (nSPS) is 13.8. The van der Waals surface area contributed by atoms with Gasteiger partial charge >= 0.3 is 5.91 Å². The number of hydrogen-bond acceptors (Lipinski definition) is 5. The lowest BCUT2D eigenvalue weighted by Gasteiger charge is -2.16. The molecule has 1 aliphatic heterocycles. The molecule has 0 fully saturated rings. The van der Waals surface area contributed by atoms with Crippen molar-refractivity contribution >= 4 is 38.3 Å². The zero-order valence-corrected chi connectivity index (χ0v) is 14.8. The number of carbonyl (C=O) groups excluding carboxylic acids is 2. The third kappa shape index (κ3) is 2.12. The Hall–Kier alpha value is -2.97. The Morgan fingerprint density at radius 3 is 2.50 bits per heavy atom. The molecule has 7 nitrogen and oxygen atoms in total. The van der Waals surface area contributed by atoms with Crippen molar-refractivity contribution in [1.29, 1.82) is 0 Å². The molecule has 132 valence electrons.